The highest BCUT2D eigenvalue weighted by molar-refractivity contribution is 7.89. The second kappa shape index (κ2) is 8.40. The lowest BCUT2D eigenvalue weighted by molar-refractivity contribution is -0.130. The summed E-state index contributed by atoms with van der Waals surface area (Å²) in [5, 5.41) is 2.48. The van der Waals surface area contributed by atoms with Gasteiger partial charge in [-0.1, -0.05) is 41.9 Å². The number of carbonyl (C=O) groups excluding carboxylic acids is 2. The maximum atomic E-state index is 12.9. The van der Waals surface area contributed by atoms with Gasteiger partial charge in [0.05, 0.1) is 17.3 Å². The topological polar surface area (TPSA) is 96.0 Å². The smallest absolute Gasteiger partial charge is 0.262 e. The third kappa shape index (κ3) is 4.69. The maximum Gasteiger partial charge on any atom is 0.262 e. The summed E-state index contributed by atoms with van der Waals surface area (Å²) in [6, 6.07) is 12.0. The highest BCUT2D eigenvalue weighted by Gasteiger charge is 2.29. The molecular weight excluding hydrogens is 418 g/mol. The molecule has 2 amide bonds. The van der Waals surface area contributed by atoms with Gasteiger partial charge in [0.1, 0.15) is 10.6 Å². The Hall–Kier alpha value is -2.62. The lowest BCUT2D eigenvalue weighted by atomic mass is 10.2. The molecule has 0 fully saturated rings. The number of hydrogen-bond acceptors (Lipinski definition) is 5. The molecule has 1 heterocycles. The molecule has 1 aliphatic rings. The quantitative estimate of drug-likeness (QED) is 0.745. The van der Waals surface area contributed by atoms with Gasteiger partial charge in [0.15, 0.2) is 6.61 Å². The van der Waals surface area contributed by atoms with Gasteiger partial charge in [0, 0.05) is 26.7 Å². The lowest BCUT2D eigenvalue weighted by Gasteiger charge is -2.24. The summed E-state index contributed by atoms with van der Waals surface area (Å²) < 4.78 is 32.1. The number of halogens is 1. The van der Waals surface area contributed by atoms with Gasteiger partial charge in [0.2, 0.25) is 15.9 Å². The van der Waals surface area contributed by atoms with Crippen LogP contribution in [0.4, 0.5) is 5.69 Å². The summed E-state index contributed by atoms with van der Waals surface area (Å²) in [6.45, 7) is -0.204. The van der Waals surface area contributed by atoms with Crippen LogP contribution < -0.4 is 10.1 Å². The predicted molar refractivity (Wildman–Crippen MR) is 108 cm³/mol. The van der Waals surface area contributed by atoms with Gasteiger partial charge >= 0.3 is 0 Å². The fourth-order valence-electron chi connectivity index (χ4n) is 2.79. The fourth-order valence-corrected chi connectivity index (χ4v) is 4.42. The number of hydrogen-bond donors (Lipinski definition) is 1. The SMILES string of the molecule is CN(Cc1ccccc1)C(=O)CN(C)S(=O)(=O)c1cc2c(cc1Cl)NC(=O)CO2. The van der Waals surface area contributed by atoms with Gasteiger partial charge in [-0.2, -0.15) is 4.31 Å². The average Bonchev–Trinajstić information content (AvgIpc) is 2.67. The molecule has 0 saturated heterocycles. The Kier molecular flexibility index (Phi) is 6.11. The zero-order chi connectivity index (χ0) is 21.2. The van der Waals surface area contributed by atoms with Crippen LogP contribution in [-0.2, 0) is 26.2 Å². The van der Waals surface area contributed by atoms with Crippen LogP contribution in [0, 0.1) is 0 Å². The number of benzene rings is 2. The van der Waals surface area contributed by atoms with Crippen molar-refractivity contribution in [2.45, 2.75) is 11.4 Å². The predicted octanol–water partition coefficient (Wildman–Crippen LogP) is 1.95. The van der Waals surface area contributed by atoms with Crippen LogP contribution in [0.25, 0.3) is 0 Å². The van der Waals surface area contributed by atoms with E-state index in [9.17, 15) is 18.0 Å². The first-order chi connectivity index (χ1) is 13.7. The monoisotopic (exact) mass is 437 g/mol. The van der Waals surface area contributed by atoms with E-state index in [0.717, 1.165) is 9.87 Å². The van der Waals surface area contributed by atoms with Gasteiger partial charge in [-0.05, 0) is 11.6 Å². The molecular formula is C19H20ClN3O5S. The lowest BCUT2D eigenvalue weighted by Crippen LogP contribution is -2.39. The second-order valence-electron chi connectivity index (χ2n) is 6.61. The van der Waals surface area contributed by atoms with Crippen molar-refractivity contribution in [3.05, 3.63) is 53.1 Å². The van der Waals surface area contributed by atoms with Gasteiger partial charge in [-0.3, -0.25) is 9.59 Å². The molecule has 8 nitrogen and oxygen atoms in total. The number of rotatable bonds is 6. The Morgan fingerprint density at radius 1 is 1.21 bits per heavy atom. The standard InChI is InChI=1S/C19H20ClN3O5S/c1-22(10-13-6-4-3-5-7-13)19(25)11-23(2)29(26,27)17-9-16-15(8-14(17)20)21-18(24)12-28-16/h3-9H,10-12H2,1-2H3,(H,21,24). The number of nitrogens with zero attached hydrogens (tertiary/aromatic N) is 2. The Morgan fingerprint density at radius 3 is 2.59 bits per heavy atom. The number of anilines is 1. The molecule has 0 bridgehead atoms. The highest BCUT2D eigenvalue weighted by Crippen LogP contribution is 2.36. The fraction of sp³-hybridized carbons (Fsp3) is 0.263. The van der Waals surface area contributed by atoms with Crippen LogP contribution in [-0.4, -0.2) is 56.7 Å². The molecule has 1 aliphatic heterocycles. The van der Waals surface area contributed by atoms with Crippen LogP contribution in [0.1, 0.15) is 5.56 Å². The van der Waals surface area contributed by atoms with E-state index in [-0.39, 0.29) is 40.6 Å². The molecule has 0 spiro atoms. The van der Waals surface area contributed by atoms with Gasteiger partial charge < -0.3 is 15.0 Å². The number of amides is 2. The number of ether oxygens (including phenoxy) is 1. The van der Waals surface area contributed by atoms with Crippen LogP contribution in [0.3, 0.4) is 0 Å². The molecule has 0 unspecified atom stereocenters. The third-order valence-electron chi connectivity index (χ3n) is 4.40. The first-order valence-corrected chi connectivity index (χ1v) is 10.5. The van der Waals surface area contributed by atoms with E-state index in [1.165, 1.54) is 24.1 Å². The molecule has 2 aromatic rings. The van der Waals surface area contributed by atoms with Crippen molar-refractivity contribution < 1.29 is 22.7 Å². The first-order valence-electron chi connectivity index (χ1n) is 8.69. The van der Waals surface area contributed by atoms with E-state index >= 15 is 0 Å². The number of sulfonamides is 1. The van der Waals surface area contributed by atoms with Crippen molar-refractivity contribution in [3.63, 3.8) is 0 Å². The normalized spacial score (nSPS) is 13.4. The Balaban J connectivity index is 1.75. The van der Waals surface area contributed by atoms with Gasteiger partial charge in [-0.15, -0.1) is 0 Å². The second-order valence-corrected chi connectivity index (χ2v) is 9.03. The van der Waals surface area contributed by atoms with Crippen molar-refractivity contribution >= 4 is 39.1 Å². The van der Waals surface area contributed by atoms with Crippen LogP contribution in [0.2, 0.25) is 5.02 Å². The largest absolute Gasteiger partial charge is 0.482 e. The average molecular weight is 438 g/mol. The van der Waals surface area contributed by atoms with Crippen molar-refractivity contribution in [2.75, 3.05) is 32.6 Å². The Bertz CT molecular complexity index is 1040. The molecule has 10 heteroatoms. The van der Waals surface area contributed by atoms with Crippen LogP contribution in [0.5, 0.6) is 5.75 Å². The summed E-state index contributed by atoms with van der Waals surface area (Å²) in [5.74, 6) is -0.514. The zero-order valence-electron chi connectivity index (χ0n) is 15.9. The van der Waals surface area contributed by atoms with E-state index in [0.29, 0.717) is 12.2 Å². The van der Waals surface area contributed by atoms with E-state index in [4.69, 9.17) is 16.3 Å². The molecule has 0 atom stereocenters. The summed E-state index contributed by atoms with van der Waals surface area (Å²) in [7, 11) is -1.14. The van der Waals surface area contributed by atoms with Gasteiger partial charge in [-0.25, -0.2) is 8.42 Å². The summed E-state index contributed by atoms with van der Waals surface area (Å²) >= 11 is 6.14. The highest BCUT2D eigenvalue weighted by atomic mass is 35.5. The minimum absolute atomic E-state index is 0.0773. The molecule has 3 rings (SSSR count). The van der Waals surface area contributed by atoms with Crippen LogP contribution >= 0.6 is 11.6 Å². The molecule has 0 saturated carbocycles. The molecule has 1 N–H and O–H groups in total. The number of nitrogens with one attached hydrogen (secondary N) is 1. The number of carbonyl (C=O) groups is 2. The first kappa shape index (κ1) is 21.1. The number of likely N-dealkylation sites (N-methyl/N-ethyl adjacent to an activating group) is 2. The molecule has 0 aromatic heterocycles. The van der Waals surface area contributed by atoms with Crippen LogP contribution in [0.15, 0.2) is 47.4 Å². The van der Waals surface area contributed by atoms with Crippen molar-refractivity contribution in [1.82, 2.24) is 9.21 Å². The molecule has 2 aromatic carbocycles. The molecule has 0 aliphatic carbocycles. The maximum absolute atomic E-state index is 12.9. The van der Waals surface area contributed by atoms with E-state index in [2.05, 4.69) is 5.32 Å². The molecule has 29 heavy (non-hydrogen) atoms. The summed E-state index contributed by atoms with van der Waals surface area (Å²) in [5.41, 5.74) is 1.23. The van der Waals surface area contributed by atoms with Crippen molar-refractivity contribution in [3.8, 4) is 5.75 Å². The Labute approximate surface area is 174 Å². The number of fused-ring (bicyclic) bond motifs is 1. The third-order valence-corrected chi connectivity index (χ3v) is 6.67. The Morgan fingerprint density at radius 2 is 1.90 bits per heavy atom. The minimum Gasteiger partial charge on any atom is -0.482 e. The van der Waals surface area contributed by atoms with Crippen molar-refractivity contribution in [2.24, 2.45) is 0 Å². The van der Waals surface area contributed by atoms with Crippen molar-refractivity contribution in [1.29, 1.82) is 0 Å². The van der Waals surface area contributed by atoms with Gasteiger partial charge in [0.25, 0.3) is 5.91 Å². The summed E-state index contributed by atoms with van der Waals surface area (Å²) in [4.78, 5) is 25.2. The van der Waals surface area contributed by atoms with E-state index in [1.807, 2.05) is 30.3 Å². The molecule has 0 radical (unpaired) electrons. The summed E-state index contributed by atoms with van der Waals surface area (Å²) in [6.07, 6.45) is 0. The zero-order valence-corrected chi connectivity index (χ0v) is 17.5. The molecule has 154 valence electrons. The van der Waals surface area contributed by atoms with E-state index < -0.39 is 10.0 Å². The van der Waals surface area contributed by atoms with E-state index in [1.54, 1.807) is 7.05 Å². The minimum atomic E-state index is -4.06.